The molecule has 10 heteroatoms. The lowest BCUT2D eigenvalue weighted by Gasteiger charge is -2.25. The van der Waals surface area contributed by atoms with E-state index in [1.54, 1.807) is 49.5 Å². The highest BCUT2D eigenvalue weighted by Gasteiger charge is 2.48. The molecule has 1 unspecified atom stereocenters. The number of rotatable bonds is 6. The summed E-state index contributed by atoms with van der Waals surface area (Å²) in [6.07, 6.45) is -3.03. The van der Waals surface area contributed by atoms with E-state index >= 15 is 0 Å². The van der Waals surface area contributed by atoms with Gasteiger partial charge >= 0.3 is 12.1 Å². The van der Waals surface area contributed by atoms with Crippen LogP contribution in [0.4, 0.5) is 23.2 Å². The second kappa shape index (κ2) is 9.67. The molecule has 0 radical (unpaired) electrons. The molecule has 2 atom stereocenters. The fraction of sp³-hybridized carbons (Fsp3) is 0.308. The van der Waals surface area contributed by atoms with Crippen molar-refractivity contribution in [2.45, 2.75) is 45.8 Å². The minimum atomic E-state index is -4.64. The van der Waals surface area contributed by atoms with Gasteiger partial charge in [-0.2, -0.15) is 18.3 Å². The number of hydrogen-bond donors (Lipinski definition) is 1. The van der Waals surface area contributed by atoms with Crippen molar-refractivity contribution < 1.29 is 27.5 Å². The molecule has 0 aliphatic carbocycles. The first-order valence-corrected chi connectivity index (χ1v) is 11.3. The Balaban J connectivity index is 1.56. The topological polar surface area (TPSA) is 78.7 Å². The largest absolute Gasteiger partial charge is 0.481 e. The zero-order chi connectivity index (χ0) is 26.2. The summed E-state index contributed by atoms with van der Waals surface area (Å²) in [5.41, 5.74) is 2.94. The summed E-state index contributed by atoms with van der Waals surface area (Å²) in [6.45, 7) is 5.00. The molecular formula is C26H24F4N4O2. The van der Waals surface area contributed by atoms with E-state index in [1.165, 1.54) is 13.0 Å². The van der Waals surface area contributed by atoms with Gasteiger partial charge in [0.25, 0.3) is 0 Å². The third-order valence-corrected chi connectivity index (χ3v) is 6.25. The summed E-state index contributed by atoms with van der Waals surface area (Å²) in [5, 5.41) is 14.1. The van der Waals surface area contributed by atoms with Crippen molar-refractivity contribution in [1.82, 2.24) is 9.97 Å². The van der Waals surface area contributed by atoms with Crippen LogP contribution in [0, 0.1) is 25.6 Å². The summed E-state index contributed by atoms with van der Waals surface area (Å²) >= 11 is 0. The zero-order valence-corrected chi connectivity index (χ0v) is 19.8. The van der Waals surface area contributed by atoms with Gasteiger partial charge in [-0.3, -0.25) is 9.80 Å². The SMILES string of the molecule is Cc1ccc(F)c(-c2ncc(Cc3ccc(N4N=C(C(F)(F)F)C(C)[C@@H]4CC(=O)O)cc3)c(C)n2)c1. The molecule has 1 N–H and O–H groups in total. The minimum Gasteiger partial charge on any atom is -0.481 e. The number of benzene rings is 2. The molecule has 0 saturated heterocycles. The molecule has 2 aromatic carbocycles. The predicted octanol–water partition coefficient (Wildman–Crippen LogP) is 5.71. The smallest absolute Gasteiger partial charge is 0.431 e. The number of aryl methyl sites for hydroxylation is 2. The molecule has 1 aromatic heterocycles. The number of aliphatic carboxylic acids is 1. The van der Waals surface area contributed by atoms with Gasteiger partial charge in [0.2, 0.25) is 0 Å². The van der Waals surface area contributed by atoms with E-state index in [4.69, 9.17) is 0 Å². The normalized spacial score (nSPS) is 17.9. The molecular weight excluding hydrogens is 476 g/mol. The van der Waals surface area contributed by atoms with E-state index in [0.717, 1.165) is 21.7 Å². The van der Waals surface area contributed by atoms with Crippen LogP contribution >= 0.6 is 0 Å². The van der Waals surface area contributed by atoms with Crippen LogP contribution < -0.4 is 5.01 Å². The third kappa shape index (κ3) is 5.22. The minimum absolute atomic E-state index is 0.291. The number of alkyl halides is 3. The Morgan fingerprint density at radius 3 is 2.42 bits per heavy atom. The van der Waals surface area contributed by atoms with E-state index in [-0.39, 0.29) is 0 Å². The molecule has 1 aliphatic rings. The van der Waals surface area contributed by atoms with Crippen molar-refractivity contribution in [2.75, 3.05) is 5.01 Å². The second-order valence-electron chi connectivity index (χ2n) is 8.91. The van der Waals surface area contributed by atoms with Crippen LogP contribution in [0.3, 0.4) is 0 Å². The Morgan fingerprint density at radius 1 is 1.11 bits per heavy atom. The molecule has 0 bridgehead atoms. The standard InChI is InChI=1S/C26H24F4N4O2/c1-14-4-9-21(27)20(10-14)25-31-13-18(16(3)32-25)11-17-5-7-19(8-6-17)34-22(12-23(35)36)15(2)24(33-34)26(28,29)30/h4-10,13,15,22H,11-12H2,1-3H3,(H,35,36)/t15?,22-/m0/s1. The van der Waals surface area contributed by atoms with Gasteiger partial charge in [-0.05, 0) is 49.2 Å². The van der Waals surface area contributed by atoms with Crippen LogP contribution in [0.2, 0.25) is 0 Å². The number of carboxylic acids is 1. The Bertz CT molecular complexity index is 1320. The van der Waals surface area contributed by atoms with Crippen molar-refractivity contribution in [2.24, 2.45) is 11.0 Å². The van der Waals surface area contributed by atoms with Gasteiger partial charge in [-0.1, -0.05) is 30.7 Å². The van der Waals surface area contributed by atoms with Crippen molar-refractivity contribution >= 4 is 17.4 Å². The van der Waals surface area contributed by atoms with Gasteiger partial charge in [0, 0.05) is 24.2 Å². The molecule has 3 aromatic rings. The molecule has 0 fully saturated rings. The quantitative estimate of drug-likeness (QED) is 0.439. The molecule has 4 rings (SSSR count). The zero-order valence-electron chi connectivity index (χ0n) is 19.8. The maximum atomic E-state index is 14.2. The second-order valence-corrected chi connectivity index (χ2v) is 8.91. The number of anilines is 1. The van der Waals surface area contributed by atoms with Crippen molar-refractivity contribution in [3.05, 3.63) is 76.9 Å². The predicted molar refractivity (Wildman–Crippen MR) is 127 cm³/mol. The van der Waals surface area contributed by atoms with Crippen LogP contribution in [-0.4, -0.2) is 39.0 Å². The van der Waals surface area contributed by atoms with Crippen LogP contribution in [0.15, 0.2) is 53.8 Å². The summed E-state index contributed by atoms with van der Waals surface area (Å²) in [6, 6.07) is 10.5. The number of hydrogen-bond acceptors (Lipinski definition) is 5. The van der Waals surface area contributed by atoms with E-state index in [0.29, 0.717) is 29.2 Å². The van der Waals surface area contributed by atoms with Crippen LogP contribution in [0.25, 0.3) is 11.4 Å². The maximum Gasteiger partial charge on any atom is 0.431 e. The molecule has 1 aliphatic heterocycles. The van der Waals surface area contributed by atoms with Crippen molar-refractivity contribution in [3.63, 3.8) is 0 Å². The van der Waals surface area contributed by atoms with Gasteiger partial charge in [0.05, 0.1) is 23.7 Å². The molecule has 188 valence electrons. The first kappa shape index (κ1) is 25.3. The molecule has 36 heavy (non-hydrogen) atoms. The van der Waals surface area contributed by atoms with Gasteiger partial charge in [-0.25, -0.2) is 14.4 Å². The first-order valence-electron chi connectivity index (χ1n) is 11.3. The molecule has 0 spiro atoms. The van der Waals surface area contributed by atoms with Gasteiger partial charge < -0.3 is 5.11 Å². The van der Waals surface area contributed by atoms with Crippen LogP contribution in [-0.2, 0) is 11.2 Å². The maximum absolute atomic E-state index is 14.2. The molecule has 2 heterocycles. The van der Waals surface area contributed by atoms with Crippen LogP contribution in [0.5, 0.6) is 0 Å². The van der Waals surface area contributed by atoms with E-state index in [1.807, 2.05) is 6.92 Å². The van der Waals surface area contributed by atoms with Gasteiger partial charge in [0.1, 0.15) is 11.5 Å². The highest BCUT2D eigenvalue weighted by molar-refractivity contribution is 5.95. The average molecular weight is 500 g/mol. The van der Waals surface area contributed by atoms with E-state index in [2.05, 4.69) is 15.1 Å². The number of nitrogens with zero attached hydrogens (tertiary/aromatic N) is 4. The summed E-state index contributed by atoms with van der Waals surface area (Å²) in [4.78, 5) is 20.1. The number of halogens is 4. The third-order valence-electron chi connectivity index (χ3n) is 6.25. The van der Waals surface area contributed by atoms with Crippen LogP contribution in [0.1, 0.15) is 35.7 Å². The Hall–Kier alpha value is -3.82. The van der Waals surface area contributed by atoms with Gasteiger partial charge in [0.15, 0.2) is 5.82 Å². The lowest BCUT2D eigenvalue weighted by Crippen LogP contribution is -2.36. The fourth-order valence-corrected chi connectivity index (χ4v) is 4.27. The number of carbonyl (C=O) groups is 1. The molecule has 6 nitrogen and oxygen atoms in total. The fourth-order valence-electron chi connectivity index (χ4n) is 4.27. The highest BCUT2D eigenvalue weighted by Crippen LogP contribution is 2.36. The lowest BCUT2D eigenvalue weighted by molar-refractivity contribution is -0.137. The monoisotopic (exact) mass is 500 g/mol. The highest BCUT2D eigenvalue weighted by atomic mass is 19.4. The Kier molecular flexibility index (Phi) is 6.79. The average Bonchev–Trinajstić information content (AvgIpc) is 3.13. The van der Waals surface area contributed by atoms with E-state index in [9.17, 15) is 27.5 Å². The summed E-state index contributed by atoms with van der Waals surface area (Å²) in [7, 11) is 0. The summed E-state index contributed by atoms with van der Waals surface area (Å²) in [5.74, 6) is -2.40. The van der Waals surface area contributed by atoms with Crippen molar-refractivity contribution in [1.29, 1.82) is 0 Å². The Morgan fingerprint density at radius 2 is 1.81 bits per heavy atom. The Labute approximate surface area is 205 Å². The van der Waals surface area contributed by atoms with E-state index < -0.39 is 42.1 Å². The number of aromatic nitrogens is 2. The molecule has 0 amide bonds. The van der Waals surface area contributed by atoms with Crippen molar-refractivity contribution in [3.8, 4) is 11.4 Å². The summed E-state index contributed by atoms with van der Waals surface area (Å²) < 4.78 is 54.4. The molecule has 0 saturated carbocycles. The first-order chi connectivity index (χ1) is 16.9. The number of hydrazone groups is 1. The number of carboxylic acid groups (broad SMARTS) is 1. The van der Waals surface area contributed by atoms with Gasteiger partial charge in [-0.15, -0.1) is 0 Å². The lowest BCUT2D eigenvalue weighted by atomic mass is 9.94.